The third-order valence-corrected chi connectivity index (χ3v) is 2.72. The van der Waals surface area contributed by atoms with Crippen molar-refractivity contribution in [2.24, 2.45) is 0 Å². The quantitative estimate of drug-likeness (QED) is 0.833. The molecule has 0 saturated carbocycles. The lowest BCUT2D eigenvalue weighted by atomic mass is 10.3. The van der Waals surface area contributed by atoms with Crippen molar-refractivity contribution < 1.29 is 9.53 Å². The molecule has 1 amide bonds. The number of benzene rings is 1. The first-order valence-corrected chi connectivity index (χ1v) is 5.71. The number of hydrogen-bond acceptors (Lipinski definition) is 4. The van der Waals surface area contributed by atoms with Crippen LogP contribution in [-0.2, 0) is 4.74 Å². The summed E-state index contributed by atoms with van der Waals surface area (Å²) >= 11 is 0. The van der Waals surface area contributed by atoms with Gasteiger partial charge < -0.3 is 10.1 Å². The molecule has 0 bridgehead atoms. The predicted octanol–water partition coefficient (Wildman–Crippen LogP) is 1.08. The van der Waals surface area contributed by atoms with Crippen LogP contribution in [0.15, 0.2) is 30.3 Å². The van der Waals surface area contributed by atoms with E-state index in [0.717, 1.165) is 31.9 Å². The molecule has 92 valence electrons. The van der Waals surface area contributed by atoms with Crippen LogP contribution in [0.5, 0.6) is 0 Å². The molecule has 0 spiro atoms. The fourth-order valence-electron chi connectivity index (χ4n) is 1.89. The summed E-state index contributed by atoms with van der Waals surface area (Å²) in [5, 5.41) is 6.85. The number of amides is 1. The van der Waals surface area contributed by atoms with Crippen LogP contribution in [0, 0.1) is 0 Å². The van der Waals surface area contributed by atoms with Crippen molar-refractivity contribution in [1.29, 1.82) is 0 Å². The standard InChI is InChI=1S/C12H17N3O2/c1-17-12(16)15(11-5-3-2-4-6-11)14-9-7-13-8-10-14/h2-6,13H,7-10H2,1H3. The molecule has 1 aromatic carbocycles. The van der Waals surface area contributed by atoms with Gasteiger partial charge in [0.15, 0.2) is 0 Å². The van der Waals surface area contributed by atoms with Crippen LogP contribution in [-0.4, -0.2) is 44.4 Å². The molecule has 1 aliphatic rings. The second-order valence-electron chi connectivity index (χ2n) is 3.82. The van der Waals surface area contributed by atoms with E-state index in [1.54, 1.807) is 5.01 Å². The molecule has 0 atom stereocenters. The highest BCUT2D eigenvalue weighted by atomic mass is 16.5. The van der Waals surface area contributed by atoms with E-state index in [2.05, 4.69) is 5.32 Å². The first-order valence-electron chi connectivity index (χ1n) is 5.71. The largest absolute Gasteiger partial charge is 0.452 e. The lowest BCUT2D eigenvalue weighted by Gasteiger charge is -2.36. The van der Waals surface area contributed by atoms with Crippen molar-refractivity contribution in [2.45, 2.75) is 0 Å². The van der Waals surface area contributed by atoms with Gasteiger partial charge in [0.2, 0.25) is 0 Å². The van der Waals surface area contributed by atoms with Gasteiger partial charge in [-0.3, -0.25) is 0 Å². The second kappa shape index (κ2) is 5.65. The highest BCUT2D eigenvalue weighted by molar-refractivity contribution is 5.86. The molecule has 5 heteroatoms. The molecule has 1 saturated heterocycles. The molecular formula is C12H17N3O2. The molecule has 0 unspecified atom stereocenters. The molecule has 0 radical (unpaired) electrons. The van der Waals surface area contributed by atoms with Crippen molar-refractivity contribution in [3.05, 3.63) is 30.3 Å². The number of nitrogens with zero attached hydrogens (tertiary/aromatic N) is 2. The average Bonchev–Trinajstić information content (AvgIpc) is 2.41. The summed E-state index contributed by atoms with van der Waals surface area (Å²) in [4.78, 5) is 11.9. The van der Waals surface area contributed by atoms with Crippen LogP contribution >= 0.6 is 0 Å². The summed E-state index contributed by atoms with van der Waals surface area (Å²) in [5.74, 6) is 0. The number of piperazine rings is 1. The number of methoxy groups -OCH3 is 1. The van der Waals surface area contributed by atoms with Crippen LogP contribution in [0.4, 0.5) is 10.5 Å². The monoisotopic (exact) mass is 235 g/mol. The molecule has 17 heavy (non-hydrogen) atoms. The maximum absolute atomic E-state index is 11.9. The molecule has 2 rings (SSSR count). The van der Waals surface area contributed by atoms with Crippen LogP contribution in [0.25, 0.3) is 0 Å². The third-order valence-electron chi connectivity index (χ3n) is 2.72. The minimum Gasteiger partial charge on any atom is -0.452 e. The Hall–Kier alpha value is -1.59. The Kier molecular flexibility index (Phi) is 3.95. The number of hydrogen-bond donors (Lipinski definition) is 1. The predicted molar refractivity (Wildman–Crippen MR) is 65.8 cm³/mol. The van der Waals surface area contributed by atoms with Gasteiger partial charge in [-0.1, -0.05) is 18.2 Å². The van der Waals surface area contributed by atoms with Crippen molar-refractivity contribution in [3.8, 4) is 0 Å². The molecule has 1 heterocycles. The van der Waals surface area contributed by atoms with Gasteiger partial charge in [0.05, 0.1) is 12.8 Å². The molecule has 0 aromatic heterocycles. The summed E-state index contributed by atoms with van der Waals surface area (Å²) in [6, 6.07) is 9.55. The van der Waals surface area contributed by atoms with Gasteiger partial charge in [-0.05, 0) is 12.1 Å². The van der Waals surface area contributed by atoms with Crippen LogP contribution in [0.3, 0.4) is 0 Å². The van der Waals surface area contributed by atoms with Gasteiger partial charge >= 0.3 is 6.09 Å². The Balaban J connectivity index is 2.21. The van der Waals surface area contributed by atoms with E-state index in [1.807, 2.05) is 35.3 Å². The number of para-hydroxylation sites is 1. The maximum atomic E-state index is 11.9. The zero-order chi connectivity index (χ0) is 12.1. The number of carbonyl (C=O) groups is 1. The number of carbonyl (C=O) groups excluding carboxylic acids is 1. The molecule has 5 nitrogen and oxygen atoms in total. The highest BCUT2D eigenvalue weighted by Crippen LogP contribution is 2.17. The Morgan fingerprint density at radius 3 is 2.53 bits per heavy atom. The molecule has 0 aliphatic carbocycles. The fraction of sp³-hybridized carbons (Fsp3) is 0.417. The first kappa shape index (κ1) is 11.9. The zero-order valence-corrected chi connectivity index (χ0v) is 9.93. The topological polar surface area (TPSA) is 44.8 Å². The second-order valence-corrected chi connectivity index (χ2v) is 3.82. The van der Waals surface area contributed by atoms with Crippen molar-refractivity contribution in [3.63, 3.8) is 0 Å². The molecule has 1 fully saturated rings. The highest BCUT2D eigenvalue weighted by Gasteiger charge is 2.24. The van der Waals surface area contributed by atoms with E-state index in [0.29, 0.717) is 0 Å². The van der Waals surface area contributed by atoms with Gasteiger partial charge in [0.1, 0.15) is 0 Å². The van der Waals surface area contributed by atoms with E-state index in [4.69, 9.17) is 4.74 Å². The third kappa shape index (κ3) is 2.75. The Bertz CT molecular complexity index is 363. The van der Waals surface area contributed by atoms with Crippen molar-refractivity contribution >= 4 is 11.8 Å². The Labute approximate surface area is 101 Å². The van der Waals surface area contributed by atoms with Crippen molar-refractivity contribution in [2.75, 3.05) is 38.3 Å². The minimum absolute atomic E-state index is 0.349. The SMILES string of the molecule is COC(=O)N(c1ccccc1)N1CCNCC1. The number of nitrogens with one attached hydrogen (secondary N) is 1. The number of anilines is 1. The molecule has 1 aliphatic heterocycles. The van der Waals surface area contributed by atoms with Crippen LogP contribution in [0.1, 0.15) is 0 Å². The number of hydrazine groups is 1. The summed E-state index contributed by atoms with van der Waals surface area (Å²) in [6.45, 7) is 3.34. The Morgan fingerprint density at radius 2 is 1.94 bits per heavy atom. The van der Waals surface area contributed by atoms with Gasteiger partial charge in [-0.25, -0.2) is 14.8 Å². The summed E-state index contributed by atoms with van der Waals surface area (Å²) in [6.07, 6.45) is -0.349. The zero-order valence-electron chi connectivity index (χ0n) is 9.93. The van der Waals surface area contributed by atoms with E-state index < -0.39 is 0 Å². The van der Waals surface area contributed by atoms with E-state index in [-0.39, 0.29) is 6.09 Å². The summed E-state index contributed by atoms with van der Waals surface area (Å²) in [7, 11) is 1.40. The number of ether oxygens (including phenoxy) is 1. The van der Waals surface area contributed by atoms with E-state index in [1.165, 1.54) is 7.11 Å². The van der Waals surface area contributed by atoms with E-state index in [9.17, 15) is 4.79 Å². The fourth-order valence-corrected chi connectivity index (χ4v) is 1.89. The van der Waals surface area contributed by atoms with Gasteiger partial charge in [0, 0.05) is 26.2 Å². The number of rotatable bonds is 2. The molecule has 1 N–H and O–H groups in total. The Morgan fingerprint density at radius 1 is 1.29 bits per heavy atom. The van der Waals surface area contributed by atoms with Crippen molar-refractivity contribution in [1.82, 2.24) is 10.3 Å². The average molecular weight is 235 g/mol. The van der Waals surface area contributed by atoms with Gasteiger partial charge in [-0.2, -0.15) is 0 Å². The minimum atomic E-state index is -0.349. The normalized spacial score (nSPS) is 16.5. The first-order chi connectivity index (χ1) is 8.33. The van der Waals surface area contributed by atoms with Gasteiger partial charge in [0.25, 0.3) is 0 Å². The lowest BCUT2D eigenvalue weighted by molar-refractivity contribution is 0.143. The van der Waals surface area contributed by atoms with Crippen LogP contribution in [0.2, 0.25) is 0 Å². The molecular weight excluding hydrogens is 218 g/mol. The van der Waals surface area contributed by atoms with Gasteiger partial charge in [-0.15, -0.1) is 0 Å². The van der Waals surface area contributed by atoms with E-state index >= 15 is 0 Å². The summed E-state index contributed by atoms with van der Waals surface area (Å²) < 4.78 is 4.84. The smallest absolute Gasteiger partial charge is 0.428 e. The molecule has 1 aromatic rings. The summed E-state index contributed by atoms with van der Waals surface area (Å²) in [5.41, 5.74) is 0.834. The lowest BCUT2D eigenvalue weighted by Crippen LogP contribution is -2.54. The maximum Gasteiger partial charge on any atom is 0.428 e. The van der Waals surface area contributed by atoms with Crippen LogP contribution < -0.4 is 10.3 Å².